The highest BCUT2D eigenvalue weighted by atomic mass is 35.5. The normalized spacial score (nSPS) is 24.2. The second-order valence-electron chi connectivity index (χ2n) is 7.67. The van der Waals surface area contributed by atoms with Crippen LogP contribution in [0.3, 0.4) is 0 Å². The van der Waals surface area contributed by atoms with E-state index in [-0.39, 0.29) is 19.6 Å². The Morgan fingerprint density at radius 1 is 1.24 bits per heavy atom. The highest BCUT2D eigenvalue weighted by Crippen LogP contribution is 2.24. The first kappa shape index (κ1) is 27.8. The minimum Gasteiger partial charge on any atom is -0.493 e. The van der Waals surface area contributed by atoms with E-state index in [1.54, 1.807) is 18.2 Å². The van der Waals surface area contributed by atoms with Crippen molar-refractivity contribution < 1.29 is 48.3 Å². The molecule has 1 amide bonds. The van der Waals surface area contributed by atoms with Gasteiger partial charge in [-0.15, -0.1) is 0 Å². The fourth-order valence-corrected chi connectivity index (χ4v) is 3.52. The molecular weight excluding hydrogens is 474 g/mol. The molecular formula is C22H30ClNO10. The zero-order chi connectivity index (χ0) is 25.3. The largest absolute Gasteiger partial charge is 0.493 e. The molecule has 0 saturated carbocycles. The molecule has 1 fully saturated rings. The number of benzene rings is 1. The standard InChI is InChI=1S/C22H30ClNO10/c1-12-9-14(23)6-7-15(12)31-8-4-5-17(26)24-19-21(33-11-18(27)30-3)20(28)16(34-22(19)29)10-32-13(2)25/h6-7,9,16,19-22,28-29H,4-5,8,10-11H2,1-3H3,(H,24,26)/t16-,19-,20-,21-,22+/m1/s1. The molecule has 11 nitrogen and oxygen atoms in total. The molecule has 0 bridgehead atoms. The lowest BCUT2D eigenvalue weighted by molar-refractivity contribution is -0.263. The SMILES string of the molecule is COC(=O)CO[C@H]1[C@H](O)[C@@H](COC(C)=O)O[C@H](O)[C@@H]1NC(=O)CCCOc1ccc(Cl)cc1C. The number of carbonyl (C=O) groups is 3. The Balaban J connectivity index is 1.94. The summed E-state index contributed by atoms with van der Waals surface area (Å²) in [5.74, 6) is -1.13. The highest BCUT2D eigenvalue weighted by molar-refractivity contribution is 6.30. The average Bonchev–Trinajstić information content (AvgIpc) is 2.78. The summed E-state index contributed by atoms with van der Waals surface area (Å²) in [7, 11) is 1.16. The van der Waals surface area contributed by atoms with Crippen molar-refractivity contribution in [2.75, 3.05) is 26.9 Å². The molecule has 2 rings (SSSR count). The molecule has 0 radical (unpaired) electrons. The van der Waals surface area contributed by atoms with E-state index < -0.39 is 55.1 Å². The van der Waals surface area contributed by atoms with Crippen LogP contribution in [0.1, 0.15) is 25.3 Å². The second-order valence-corrected chi connectivity index (χ2v) is 8.10. The number of aryl methyl sites for hydroxylation is 1. The molecule has 0 spiro atoms. The molecule has 1 aromatic rings. The summed E-state index contributed by atoms with van der Waals surface area (Å²) < 4.78 is 25.8. The summed E-state index contributed by atoms with van der Waals surface area (Å²) in [5.41, 5.74) is 0.863. The number of halogens is 1. The van der Waals surface area contributed by atoms with Crippen LogP contribution in [0.15, 0.2) is 18.2 Å². The minimum absolute atomic E-state index is 0.0482. The summed E-state index contributed by atoms with van der Waals surface area (Å²) in [4.78, 5) is 35.1. The molecule has 12 heteroatoms. The molecule has 3 N–H and O–H groups in total. The van der Waals surface area contributed by atoms with Crippen LogP contribution in [0.5, 0.6) is 5.75 Å². The number of hydrogen-bond donors (Lipinski definition) is 3. The number of rotatable bonds is 11. The van der Waals surface area contributed by atoms with Crippen LogP contribution in [-0.4, -0.2) is 85.6 Å². The van der Waals surface area contributed by atoms with E-state index in [9.17, 15) is 24.6 Å². The predicted octanol–water partition coefficient (Wildman–Crippen LogP) is 0.492. The Morgan fingerprint density at radius 3 is 2.62 bits per heavy atom. The van der Waals surface area contributed by atoms with E-state index >= 15 is 0 Å². The molecule has 0 aliphatic carbocycles. The summed E-state index contributed by atoms with van der Waals surface area (Å²) in [5, 5.41) is 24.2. The van der Waals surface area contributed by atoms with Gasteiger partial charge in [0.2, 0.25) is 5.91 Å². The molecule has 1 aromatic carbocycles. The Bertz CT molecular complexity index is 851. The zero-order valence-electron chi connectivity index (χ0n) is 19.2. The van der Waals surface area contributed by atoms with Gasteiger partial charge in [-0.05, 0) is 37.1 Å². The van der Waals surface area contributed by atoms with E-state index in [1.165, 1.54) is 6.92 Å². The Morgan fingerprint density at radius 2 is 1.97 bits per heavy atom. The van der Waals surface area contributed by atoms with Gasteiger partial charge in [0.15, 0.2) is 6.29 Å². The molecule has 1 heterocycles. The average molecular weight is 504 g/mol. The quantitative estimate of drug-likeness (QED) is 0.287. The first-order chi connectivity index (χ1) is 16.1. The van der Waals surface area contributed by atoms with Crippen molar-refractivity contribution in [1.29, 1.82) is 0 Å². The van der Waals surface area contributed by atoms with Gasteiger partial charge in [-0.25, -0.2) is 4.79 Å². The molecule has 34 heavy (non-hydrogen) atoms. The summed E-state index contributed by atoms with van der Waals surface area (Å²) in [6.45, 7) is 2.40. The number of aliphatic hydroxyl groups is 2. The minimum atomic E-state index is -1.59. The lowest BCUT2D eigenvalue weighted by atomic mass is 9.96. The lowest BCUT2D eigenvalue weighted by Crippen LogP contribution is -2.65. The zero-order valence-corrected chi connectivity index (χ0v) is 19.9. The van der Waals surface area contributed by atoms with Crippen LogP contribution in [0.2, 0.25) is 5.02 Å². The van der Waals surface area contributed by atoms with Crippen LogP contribution in [0.4, 0.5) is 0 Å². The number of ether oxygens (including phenoxy) is 5. The van der Waals surface area contributed by atoms with Crippen molar-refractivity contribution in [3.05, 3.63) is 28.8 Å². The second kappa shape index (κ2) is 13.4. The molecule has 5 atom stereocenters. The maximum Gasteiger partial charge on any atom is 0.331 e. The van der Waals surface area contributed by atoms with Gasteiger partial charge in [0.1, 0.15) is 43.3 Å². The van der Waals surface area contributed by atoms with Crippen molar-refractivity contribution in [1.82, 2.24) is 5.32 Å². The lowest BCUT2D eigenvalue weighted by Gasteiger charge is -2.42. The third-order valence-corrected chi connectivity index (χ3v) is 5.27. The molecule has 0 unspecified atom stereocenters. The monoisotopic (exact) mass is 503 g/mol. The van der Waals surface area contributed by atoms with Crippen molar-refractivity contribution in [2.24, 2.45) is 0 Å². The highest BCUT2D eigenvalue weighted by Gasteiger charge is 2.46. The number of amides is 1. The smallest absolute Gasteiger partial charge is 0.331 e. The van der Waals surface area contributed by atoms with Crippen LogP contribution in [0, 0.1) is 6.92 Å². The van der Waals surface area contributed by atoms with Gasteiger partial charge >= 0.3 is 11.9 Å². The number of methoxy groups -OCH3 is 1. The Labute approximate surface area is 202 Å². The van der Waals surface area contributed by atoms with Gasteiger partial charge < -0.3 is 39.2 Å². The van der Waals surface area contributed by atoms with Crippen molar-refractivity contribution in [2.45, 2.75) is 57.3 Å². The third-order valence-electron chi connectivity index (χ3n) is 5.04. The van der Waals surface area contributed by atoms with E-state index in [4.69, 9.17) is 30.5 Å². The molecule has 1 saturated heterocycles. The van der Waals surface area contributed by atoms with Crippen molar-refractivity contribution in [3.8, 4) is 5.75 Å². The molecule has 1 aliphatic heterocycles. The third kappa shape index (κ3) is 8.41. The van der Waals surface area contributed by atoms with Crippen LogP contribution in [-0.2, 0) is 33.3 Å². The number of aliphatic hydroxyl groups excluding tert-OH is 2. The van der Waals surface area contributed by atoms with Gasteiger partial charge in [0.05, 0.1) is 13.7 Å². The molecule has 0 aromatic heterocycles. The van der Waals surface area contributed by atoms with E-state index in [1.807, 2.05) is 6.92 Å². The number of nitrogens with one attached hydrogen (secondary N) is 1. The van der Waals surface area contributed by atoms with Crippen LogP contribution < -0.4 is 10.1 Å². The van der Waals surface area contributed by atoms with Crippen LogP contribution in [0.25, 0.3) is 0 Å². The predicted molar refractivity (Wildman–Crippen MR) is 118 cm³/mol. The summed E-state index contributed by atoms with van der Waals surface area (Å²) >= 11 is 5.92. The molecule has 190 valence electrons. The maximum atomic E-state index is 12.5. The van der Waals surface area contributed by atoms with Crippen molar-refractivity contribution in [3.63, 3.8) is 0 Å². The van der Waals surface area contributed by atoms with Gasteiger partial charge in [-0.3, -0.25) is 9.59 Å². The maximum absolute atomic E-state index is 12.5. The Hall–Kier alpha value is -2.44. The molecule has 1 aliphatic rings. The number of carbonyl (C=O) groups excluding carboxylic acids is 3. The first-order valence-electron chi connectivity index (χ1n) is 10.6. The van der Waals surface area contributed by atoms with Crippen molar-refractivity contribution >= 4 is 29.4 Å². The fourth-order valence-electron chi connectivity index (χ4n) is 3.29. The van der Waals surface area contributed by atoms with Gasteiger partial charge in [0.25, 0.3) is 0 Å². The Kier molecular flexibility index (Phi) is 11.0. The topological polar surface area (TPSA) is 150 Å². The number of esters is 2. The van der Waals surface area contributed by atoms with Gasteiger partial charge in [0, 0.05) is 18.4 Å². The fraction of sp³-hybridized carbons (Fsp3) is 0.591. The summed E-state index contributed by atoms with van der Waals surface area (Å²) in [6.07, 6.45) is -4.97. The number of hydrogen-bond acceptors (Lipinski definition) is 10. The van der Waals surface area contributed by atoms with E-state index in [0.29, 0.717) is 17.2 Å². The van der Waals surface area contributed by atoms with Gasteiger partial charge in [-0.2, -0.15) is 0 Å². The van der Waals surface area contributed by atoms with Gasteiger partial charge in [-0.1, -0.05) is 11.6 Å². The first-order valence-corrected chi connectivity index (χ1v) is 11.0. The van der Waals surface area contributed by atoms with E-state index in [2.05, 4.69) is 10.1 Å². The van der Waals surface area contributed by atoms with Crippen LogP contribution >= 0.6 is 11.6 Å². The summed E-state index contributed by atoms with van der Waals surface area (Å²) in [6, 6.07) is 4.02. The van der Waals surface area contributed by atoms with E-state index in [0.717, 1.165) is 12.7 Å².